The van der Waals surface area contributed by atoms with Crippen LogP contribution in [-0.2, 0) is 48.9 Å². The molecule has 0 aromatic heterocycles. The Bertz CT molecular complexity index is 2770. The molecule has 4 aromatic carbocycles. The van der Waals surface area contributed by atoms with Crippen molar-refractivity contribution in [1.29, 1.82) is 0 Å². The van der Waals surface area contributed by atoms with Crippen LogP contribution in [0.25, 0.3) is 0 Å². The molecule has 2 unspecified atom stereocenters. The van der Waals surface area contributed by atoms with Gasteiger partial charge in [-0.05, 0) is 175 Å². The highest BCUT2D eigenvalue weighted by Gasteiger charge is 2.67. The molecule has 2 saturated heterocycles. The minimum absolute atomic E-state index is 0.0485. The van der Waals surface area contributed by atoms with Gasteiger partial charge < -0.3 is 54.8 Å². The molecule has 76 heavy (non-hydrogen) atoms. The van der Waals surface area contributed by atoms with Gasteiger partial charge in [0.2, 0.25) is 17.7 Å². The molecule has 5 heterocycles. The van der Waals surface area contributed by atoms with Gasteiger partial charge in [-0.2, -0.15) is 0 Å². The molecule has 2 fully saturated rings. The molecule has 7 atom stereocenters. The third-order valence-electron chi connectivity index (χ3n) is 16.1. The van der Waals surface area contributed by atoms with Crippen molar-refractivity contribution in [2.45, 2.75) is 134 Å². The molecule has 5 aliphatic rings. The van der Waals surface area contributed by atoms with Crippen molar-refractivity contribution >= 4 is 60.4 Å². The van der Waals surface area contributed by atoms with Gasteiger partial charge in [-0.15, -0.1) is 0 Å². The highest BCUT2D eigenvalue weighted by Crippen LogP contribution is 2.61. The predicted octanol–water partition coefficient (Wildman–Crippen LogP) is 6.11. The van der Waals surface area contributed by atoms with E-state index in [1.807, 2.05) is 113 Å². The number of rotatable bonds is 22. The van der Waals surface area contributed by atoms with Crippen LogP contribution in [0.2, 0.25) is 18.6 Å². The Labute approximate surface area is 447 Å². The van der Waals surface area contributed by atoms with Gasteiger partial charge in [-0.3, -0.25) is 29.0 Å². The van der Waals surface area contributed by atoms with Gasteiger partial charge in [0, 0.05) is 48.2 Å². The maximum Gasteiger partial charge on any atom is 0.264 e. The van der Waals surface area contributed by atoms with Gasteiger partial charge in [0.1, 0.15) is 11.5 Å². The molecule has 0 radical (unpaired) electrons. The predicted molar refractivity (Wildman–Crippen MR) is 293 cm³/mol. The lowest BCUT2D eigenvalue weighted by Gasteiger charge is -2.36. The molecule has 5 aliphatic heterocycles. The van der Waals surface area contributed by atoms with E-state index < -0.39 is 43.6 Å². The average Bonchev–Trinajstić information content (AvgIpc) is 4.29. The number of fused-ring (bicyclic) bond motifs is 4. The number of amides is 4. The number of unbranched alkanes of at least 4 members (excludes halogenated alkanes) is 2. The normalized spacial score (nSPS) is 24.1. The zero-order chi connectivity index (χ0) is 53.9. The summed E-state index contributed by atoms with van der Waals surface area (Å²) in [6.45, 7) is 12.0. The fourth-order valence-corrected chi connectivity index (χ4v) is 15.2. The number of aliphatic hydroxyl groups excluding tert-OH is 3. The first kappa shape index (κ1) is 55.1. The van der Waals surface area contributed by atoms with Crippen LogP contribution in [0.15, 0.2) is 78.9 Å². The minimum atomic E-state index is -3.23. The number of carbonyl (C=O) groups excluding carboxylic acids is 4. The van der Waals surface area contributed by atoms with Crippen LogP contribution in [0.1, 0.15) is 88.0 Å². The van der Waals surface area contributed by atoms with E-state index in [0.29, 0.717) is 118 Å². The van der Waals surface area contributed by atoms with E-state index in [1.165, 1.54) is 0 Å². The maximum absolute atomic E-state index is 16.0. The molecule has 17 nitrogen and oxygen atoms in total. The molecule has 0 aliphatic carbocycles. The molecule has 18 heteroatoms. The van der Waals surface area contributed by atoms with Crippen molar-refractivity contribution in [1.82, 2.24) is 15.5 Å². The quantitative estimate of drug-likeness (QED) is 0.0388. The third-order valence-corrected chi connectivity index (χ3v) is 18.6. The Morgan fingerprint density at radius 3 is 1.89 bits per heavy atom. The van der Waals surface area contributed by atoms with Crippen LogP contribution < -0.4 is 34.8 Å². The first-order valence-electron chi connectivity index (χ1n) is 27.4. The Morgan fingerprint density at radius 1 is 0.763 bits per heavy atom. The number of aliphatic hydroxyl groups is 3. The fourth-order valence-electron chi connectivity index (χ4n) is 12.6. The van der Waals surface area contributed by atoms with Gasteiger partial charge in [0.15, 0.2) is 13.9 Å². The van der Waals surface area contributed by atoms with Crippen LogP contribution in [-0.4, -0.2) is 134 Å². The molecule has 1 spiro atoms. The first-order valence-corrected chi connectivity index (χ1v) is 30.4. The number of benzene rings is 4. The highest BCUT2D eigenvalue weighted by atomic mass is 28.4. The summed E-state index contributed by atoms with van der Waals surface area (Å²) in [6, 6.07) is 23.2. The smallest absolute Gasteiger partial charge is 0.264 e. The zero-order valence-electron chi connectivity index (χ0n) is 44.6. The summed E-state index contributed by atoms with van der Waals surface area (Å²) < 4.78 is 19.0. The van der Waals surface area contributed by atoms with Gasteiger partial charge in [0.25, 0.3) is 5.91 Å². The molecular formula is C58H76N6O11Si. The molecule has 408 valence electrons. The van der Waals surface area contributed by atoms with E-state index in [1.54, 1.807) is 19.6 Å². The second-order valence-corrected chi connectivity index (χ2v) is 25.4. The second-order valence-electron chi connectivity index (χ2n) is 21.5. The van der Waals surface area contributed by atoms with E-state index in [2.05, 4.69) is 10.6 Å². The SMILES string of the molecule is CCOc1ccc2c(c1)CC(NCCCCO)C(=O)N2c1cccc(CN2C(=O)[C@]3(O[C@H](CC(=O)N4CCC[C@H]4CO)[C@@H]([Si](C)(C)O)[C@@H]3C)c3cc(N4C(=O)C(NCCCCO)Cc5cc(OCC)ccc54)ccc32)c1. The Balaban J connectivity index is 1.13. The third kappa shape index (κ3) is 10.7. The van der Waals surface area contributed by atoms with E-state index in [-0.39, 0.29) is 62.5 Å². The van der Waals surface area contributed by atoms with E-state index in [4.69, 9.17) is 14.2 Å². The molecule has 4 amide bonds. The second kappa shape index (κ2) is 23.5. The van der Waals surface area contributed by atoms with Crippen molar-refractivity contribution in [3.8, 4) is 11.5 Å². The number of ether oxygens (including phenoxy) is 3. The van der Waals surface area contributed by atoms with Crippen LogP contribution >= 0.6 is 0 Å². The Hall–Kier alpha value is -5.70. The summed E-state index contributed by atoms with van der Waals surface area (Å²) in [4.78, 5) is 78.8. The van der Waals surface area contributed by atoms with Gasteiger partial charge in [0.05, 0.1) is 74.1 Å². The van der Waals surface area contributed by atoms with Crippen molar-refractivity contribution < 1.29 is 53.5 Å². The molecule has 0 saturated carbocycles. The monoisotopic (exact) mass is 1060 g/mol. The van der Waals surface area contributed by atoms with Crippen molar-refractivity contribution in [3.05, 3.63) is 101 Å². The Kier molecular flexibility index (Phi) is 17.0. The number of carbonyl (C=O) groups is 4. The van der Waals surface area contributed by atoms with E-state index >= 15 is 4.79 Å². The summed E-state index contributed by atoms with van der Waals surface area (Å²) in [5, 5.41) is 36.0. The van der Waals surface area contributed by atoms with Gasteiger partial charge in [-0.1, -0.05) is 19.1 Å². The summed E-state index contributed by atoms with van der Waals surface area (Å²) in [5.74, 6) is -0.135. The molecule has 9 rings (SSSR count). The standard InChI is InChI=1S/C58H76N6O11Si/c1-6-73-44-18-21-49-39(29-44)31-47(59-23-8-10-26-65)55(69)63(49)41-15-12-14-38(28-41)35-62-51-20-17-42(64-50-22-19-45(74-7-2)30-40(50)32-48(56(64)70)60-24-9-11-27-66)33-46(51)58(57(62)71)37(3)54(76(4,5)72)52(75-58)34-53(68)61-25-13-16-43(61)36-67/h12,14-15,17-22,28-30,33,37,43,47-48,52,54,59-60,65-67,72H,6-11,13,16,23-27,31-32,34-36H2,1-5H3/t37-,43-,47?,48?,52+,54-,58+/m0/s1. The van der Waals surface area contributed by atoms with Crippen LogP contribution in [0, 0.1) is 5.92 Å². The number of nitrogens with one attached hydrogen (secondary N) is 2. The summed E-state index contributed by atoms with van der Waals surface area (Å²) in [7, 11) is -3.23. The van der Waals surface area contributed by atoms with Crippen molar-refractivity contribution in [2.75, 3.05) is 67.4 Å². The van der Waals surface area contributed by atoms with Gasteiger partial charge >= 0.3 is 0 Å². The zero-order valence-corrected chi connectivity index (χ0v) is 45.6. The summed E-state index contributed by atoms with van der Waals surface area (Å²) >= 11 is 0. The number of anilines is 5. The first-order chi connectivity index (χ1) is 36.7. The average molecular weight is 1060 g/mol. The molecule has 4 aromatic rings. The van der Waals surface area contributed by atoms with E-state index in [0.717, 1.165) is 28.8 Å². The number of likely N-dealkylation sites (tertiary alicyclic amines) is 1. The number of hydrogen-bond acceptors (Lipinski definition) is 13. The van der Waals surface area contributed by atoms with Crippen molar-refractivity contribution in [3.63, 3.8) is 0 Å². The lowest BCUT2D eigenvalue weighted by atomic mass is 9.82. The van der Waals surface area contributed by atoms with E-state index in [9.17, 15) is 34.5 Å². The highest BCUT2D eigenvalue weighted by molar-refractivity contribution is 6.71. The van der Waals surface area contributed by atoms with Crippen LogP contribution in [0.3, 0.4) is 0 Å². The fraction of sp³-hybridized carbons (Fsp3) is 0.517. The summed E-state index contributed by atoms with van der Waals surface area (Å²) in [6.07, 6.45) is 3.97. The summed E-state index contributed by atoms with van der Waals surface area (Å²) in [5.41, 5.74) is 3.90. The lowest BCUT2D eigenvalue weighted by molar-refractivity contribution is -0.150. The number of nitrogens with zero attached hydrogens (tertiary/aromatic N) is 4. The maximum atomic E-state index is 16.0. The Morgan fingerprint density at radius 2 is 1.34 bits per heavy atom. The lowest BCUT2D eigenvalue weighted by Crippen LogP contribution is -2.49. The topological polar surface area (TPSA) is 214 Å². The molecule has 0 bridgehead atoms. The van der Waals surface area contributed by atoms with Crippen molar-refractivity contribution in [2.24, 2.45) is 5.92 Å². The minimum Gasteiger partial charge on any atom is -0.494 e. The van der Waals surface area contributed by atoms with Crippen LogP contribution in [0.5, 0.6) is 11.5 Å². The van der Waals surface area contributed by atoms with Gasteiger partial charge in [-0.25, -0.2) is 0 Å². The van der Waals surface area contributed by atoms with Crippen LogP contribution in [0.4, 0.5) is 28.4 Å². The number of hydrogen-bond donors (Lipinski definition) is 6. The molecular weight excluding hydrogens is 985 g/mol. The molecule has 6 N–H and O–H groups in total. The largest absolute Gasteiger partial charge is 0.494 e.